The lowest BCUT2D eigenvalue weighted by Gasteiger charge is -2.43. The summed E-state index contributed by atoms with van der Waals surface area (Å²) in [5.41, 5.74) is 2.94. The maximum atomic E-state index is 10.9. The van der Waals surface area contributed by atoms with Crippen LogP contribution in [0.4, 0.5) is 0 Å². The van der Waals surface area contributed by atoms with Gasteiger partial charge in [-0.15, -0.1) is 0 Å². The predicted molar refractivity (Wildman–Crippen MR) is 82.3 cm³/mol. The number of nitrogens with one attached hydrogen (secondary N) is 1. The predicted octanol–water partition coefficient (Wildman–Crippen LogP) is 2.20. The van der Waals surface area contributed by atoms with Crippen molar-refractivity contribution >= 4 is 5.97 Å². The third kappa shape index (κ3) is 3.11. The molecule has 21 heavy (non-hydrogen) atoms. The van der Waals surface area contributed by atoms with Crippen molar-refractivity contribution in [1.29, 1.82) is 0 Å². The monoisotopic (exact) mass is 288 g/mol. The quantitative estimate of drug-likeness (QED) is 0.842. The molecule has 0 aromatic heterocycles. The first-order chi connectivity index (χ1) is 10.2. The Balaban J connectivity index is 1.50. The van der Waals surface area contributed by atoms with Crippen LogP contribution in [-0.4, -0.2) is 41.1 Å². The molecule has 1 fully saturated rings. The van der Waals surface area contributed by atoms with Crippen LogP contribution < -0.4 is 5.32 Å². The number of carboxylic acids is 1. The van der Waals surface area contributed by atoms with Gasteiger partial charge in [-0.3, -0.25) is 9.69 Å². The van der Waals surface area contributed by atoms with E-state index in [2.05, 4.69) is 34.5 Å². The zero-order chi connectivity index (χ0) is 14.8. The third-order valence-corrected chi connectivity index (χ3v) is 4.94. The number of hydrogen-bond acceptors (Lipinski definition) is 3. The van der Waals surface area contributed by atoms with Gasteiger partial charge in [0.15, 0.2) is 0 Å². The first-order valence-electron chi connectivity index (χ1n) is 7.97. The number of aliphatic carboxylic acids is 1. The molecular formula is C17H24N2O2. The molecule has 2 N–H and O–H groups in total. The van der Waals surface area contributed by atoms with Gasteiger partial charge in [0.1, 0.15) is 0 Å². The molecule has 0 aliphatic heterocycles. The Morgan fingerprint density at radius 3 is 2.86 bits per heavy atom. The average Bonchev–Trinajstić information content (AvgIpc) is 2.83. The fraction of sp³-hybridized carbons (Fsp3) is 0.588. The van der Waals surface area contributed by atoms with Crippen LogP contribution in [0.3, 0.4) is 0 Å². The van der Waals surface area contributed by atoms with Crippen LogP contribution in [0.2, 0.25) is 0 Å². The summed E-state index contributed by atoms with van der Waals surface area (Å²) < 4.78 is 0. The van der Waals surface area contributed by atoms with Gasteiger partial charge in [0.05, 0.1) is 6.54 Å². The van der Waals surface area contributed by atoms with Crippen LogP contribution in [0.25, 0.3) is 0 Å². The van der Waals surface area contributed by atoms with Crippen molar-refractivity contribution in [3.05, 3.63) is 35.4 Å². The standard InChI is InChI=1S/C17H24N2O2/c1-2-19(11-17(20)21)14-9-13(10-14)18-16-8-7-12-5-3-4-6-15(12)16/h3-6,13-14,16,18H,2,7-11H2,1H3,(H,20,21). The Kier molecular flexibility index (Phi) is 4.27. The number of nitrogens with zero attached hydrogens (tertiary/aromatic N) is 1. The van der Waals surface area contributed by atoms with E-state index in [0.717, 1.165) is 19.4 Å². The third-order valence-electron chi connectivity index (χ3n) is 4.94. The number of benzene rings is 1. The second kappa shape index (κ2) is 6.16. The van der Waals surface area contributed by atoms with Crippen molar-refractivity contribution in [2.75, 3.05) is 13.1 Å². The smallest absolute Gasteiger partial charge is 0.317 e. The van der Waals surface area contributed by atoms with E-state index in [4.69, 9.17) is 5.11 Å². The number of carboxylic acid groups (broad SMARTS) is 1. The van der Waals surface area contributed by atoms with E-state index in [9.17, 15) is 4.79 Å². The SMILES string of the molecule is CCN(CC(=O)O)C1CC(NC2CCc3ccccc32)C1. The lowest BCUT2D eigenvalue weighted by molar-refractivity contribution is -0.139. The summed E-state index contributed by atoms with van der Waals surface area (Å²) in [5.74, 6) is -0.724. The Morgan fingerprint density at radius 2 is 2.14 bits per heavy atom. The Hall–Kier alpha value is -1.39. The van der Waals surface area contributed by atoms with Gasteiger partial charge in [0.2, 0.25) is 0 Å². The summed E-state index contributed by atoms with van der Waals surface area (Å²) in [6.07, 6.45) is 4.50. The van der Waals surface area contributed by atoms with E-state index in [0.29, 0.717) is 18.1 Å². The molecule has 1 unspecified atom stereocenters. The summed E-state index contributed by atoms with van der Waals surface area (Å²) in [4.78, 5) is 12.9. The lowest BCUT2D eigenvalue weighted by Crippen LogP contribution is -2.54. The van der Waals surface area contributed by atoms with Crippen LogP contribution in [0, 0.1) is 0 Å². The highest BCUT2D eigenvalue weighted by molar-refractivity contribution is 5.69. The van der Waals surface area contributed by atoms with Crippen LogP contribution in [0.5, 0.6) is 0 Å². The molecule has 4 nitrogen and oxygen atoms in total. The van der Waals surface area contributed by atoms with Crippen molar-refractivity contribution in [1.82, 2.24) is 10.2 Å². The minimum atomic E-state index is -0.724. The minimum absolute atomic E-state index is 0.167. The van der Waals surface area contributed by atoms with Gasteiger partial charge in [-0.2, -0.15) is 0 Å². The highest BCUT2D eigenvalue weighted by atomic mass is 16.4. The lowest BCUT2D eigenvalue weighted by atomic mass is 9.84. The Bertz CT molecular complexity index is 511. The summed E-state index contributed by atoms with van der Waals surface area (Å²) in [5, 5.41) is 12.7. The molecule has 0 amide bonds. The first-order valence-corrected chi connectivity index (χ1v) is 7.97. The first kappa shape index (κ1) is 14.5. The van der Waals surface area contributed by atoms with Crippen molar-refractivity contribution in [2.45, 2.75) is 50.7 Å². The molecule has 0 bridgehead atoms. The topological polar surface area (TPSA) is 52.6 Å². The van der Waals surface area contributed by atoms with Crippen molar-refractivity contribution in [3.63, 3.8) is 0 Å². The van der Waals surface area contributed by atoms with E-state index in [1.54, 1.807) is 0 Å². The fourth-order valence-electron chi connectivity index (χ4n) is 3.71. The molecule has 3 rings (SSSR count). The molecule has 4 heteroatoms. The van der Waals surface area contributed by atoms with Gasteiger partial charge >= 0.3 is 5.97 Å². The largest absolute Gasteiger partial charge is 0.480 e. The molecule has 1 aromatic rings. The van der Waals surface area contributed by atoms with Crippen LogP contribution >= 0.6 is 0 Å². The Labute approximate surface area is 126 Å². The van der Waals surface area contributed by atoms with Crippen molar-refractivity contribution in [2.24, 2.45) is 0 Å². The maximum absolute atomic E-state index is 10.9. The molecule has 2 aliphatic rings. The molecule has 0 spiro atoms. The average molecular weight is 288 g/mol. The molecule has 0 radical (unpaired) electrons. The second-order valence-electron chi connectivity index (χ2n) is 6.24. The number of fused-ring (bicyclic) bond motifs is 1. The molecule has 1 atom stereocenters. The normalized spacial score (nSPS) is 27.4. The highest BCUT2D eigenvalue weighted by Gasteiger charge is 2.36. The van der Waals surface area contributed by atoms with Crippen LogP contribution in [-0.2, 0) is 11.2 Å². The van der Waals surface area contributed by atoms with E-state index in [1.165, 1.54) is 24.0 Å². The molecule has 0 saturated heterocycles. The Morgan fingerprint density at radius 1 is 1.38 bits per heavy atom. The van der Waals surface area contributed by atoms with E-state index < -0.39 is 5.97 Å². The molecule has 1 aromatic carbocycles. The van der Waals surface area contributed by atoms with Crippen LogP contribution in [0.1, 0.15) is 43.4 Å². The molecule has 1 saturated carbocycles. The van der Waals surface area contributed by atoms with E-state index in [1.807, 2.05) is 6.92 Å². The minimum Gasteiger partial charge on any atom is -0.480 e. The molecule has 2 aliphatic carbocycles. The fourth-order valence-corrected chi connectivity index (χ4v) is 3.71. The maximum Gasteiger partial charge on any atom is 0.317 e. The van der Waals surface area contributed by atoms with Gasteiger partial charge < -0.3 is 10.4 Å². The molecule has 114 valence electrons. The van der Waals surface area contributed by atoms with Gasteiger partial charge in [-0.05, 0) is 43.4 Å². The van der Waals surface area contributed by atoms with Gasteiger partial charge in [0.25, 0.3) is 0 Å². The number of hydrogen-bond donors (Lipinski definition) is 2. The summed E-state index contributed by atoms with van der Waals surface area (Å²) >= 11 is 0. The van der Waals surface area contributed by atoms with E-state index >= 15 is 0 Å². The number of likely N-dealkylation sites (N-methyl/N-ethyl adjacent to an activating group) is 1. The zero-order valence-corrected chi connectivity index (χ0v) is 12.6. The van der Waals surface area contributed by atoms with Crippen LogP contribution in [0.15, 0.2) is 24.3 Å². The highest BCUT2D eigenvalue weighted by Crippen LogP contribution is 2.34. The molecular weight excluding hydrogens is 264 g/mol. The summed E-state index contributed by atoms with van der Waals surface area (Å²) in [6.45, 7) is 3.02. The second-order valence-corrected chi connectivity index (χ2v) is 6.24. The number of rotatable bonds is 6. The van der Waals surface area contributed by atoms with Gasteiger partial charge in [-0.1, -0.05) is 31.2 Å². The van der Waals surface area contributed by atoms with Crippen molar-refractivity contribution in [3.8, 4) is 0 Å². The number of carbonyl (C=O) groups is 1. The summed E-state index contributed by atoms with van der Waals surface area (Å²) in [7, 11) is 0. The molecule has 0 heterocycles. The zero-order valence-electron chi connectivity index (χ0n) is 12.6. The van der Waals surface area contributed by atoms with Crippen molar-refractivity contribution < 1.29 is 9.90 Å². The van der Waals surface area contributed by atoms with Gasteiger partial charge in [0, 0.05) is 18.1 Å². The number of aryl methyl sites for hydroxylation is 1. The van der Waals surface area contributed by atoms with E-state index in [-0.39, 0.29) is 6.54 Å². The van der Waals surface area contributed by atoms with Gasteiger partial charge in [-0.25, -0.2) is 0 Å². The summed E-state index contributed by atoms with van der Waals surface area (Å²) in [6, 6.07) is 10.2.